The van der Waals surface area contributed by atoms with Crippen LogP contribution in [0, 0.1) is 13.8 Å². The van der Waals surface area contributed by atoms with Gasteiger partial charge in [0.05, 0.1) is 25.5 Å². The number of aryl methyl sites for hydroxylation is 1. The molecule has 0 saturated carbocycles. The molecule has 1 amide bonds. The van der Waals surface area contributed by atoms with Crippen molar-refractivity contribution in [1.82, 2.24) is 14.8 Å². The fraction of sp³-hybridized carbons (Fsp3) is 0.391. The molecule has 1 N–H and O–H groups in total. The molecule has 0 saturated heterocycles. The van der Waals surface area contributed by atoms with Crippen LogP contribution in [0.3, 0.4) is 0 Å². The molecule has 0 aliphatic rings. The summed E-state index contributed by atoms with van der Waals surface area (Å²) >= 11 is 2.69. The van der Waals surface area contributed by atoms with Crippen molar-refractivity contribution < 1.29 is 19.1 Å². The number of unbranched alkanes of at least 4 members (excludes halogenated alkanes) is 1. The number of esters is 1. The first kappa shape index (κ1) is 24.8. The third-order valence-corrected chi connectivity index (χ3v) is 7.25. The Balaban J connectivity index is 1.76. The van der Waals surface area contributed by atoms with Crippen LogP contribution in [0.25, 0.3) is 11.4 Å². The SMILES string of the molecule is CCCCn1c(SCC(=O)Nc2sc(C)c(C)c2C(=O)OC)nnc1-c1ccc(OC)cc1. The number of aromatic nitrogens is 3. The van der Waals surface area contributed by atoms with Gasteiger partial charge in [0.2, 0.25) is 5.91 Å². The number of benzene rings is 1. The summed E-state index contributed by atoms with van der Waals surface area (Å²) in [5.41, 5.74) is 2.16. The molecule has 2 heterocycles. The zero-order chi connectivity index (χ0) is 24.0. The van der Waals surface area contributed by atoms with E-state index in [1.54, 1.807) is 7.11 Å². The van der Waals surface area contributed by atoms with Crippen molar-refractivity contribution in [3.63, 3.8) is 0 Å². The summed E-state index contributed by atoms with van der Waals surface area (Å²) in [6.45, 7) is 6.64. The zero-order valence-corrected chi connectivity index (χ0v) is 21.1. The fourth-order valence-corrected chi connectivity index (χ4v) is 5.05. The van der Waals surface area contributed by atoms with Crippen molar-refractivity contribution in [2.45, 2.75) is 45.3 Å². The quantitative estimate of drug-likeness (QED) is 0.319. The Kier molecular flexibility index (Phi) is 8.51. The minimum absolute atomic E-state index is 0.142. The number of carbonyl (C=O) groups excluding carboxylic acids is 2. The minimum Gasteiger partial charge on any atom is -0.497 e. The van der Waals surface area contributed by atoms with E-state index in [1.807, 2.05) is 42.7 Å². The van der Waals surface area contributed by atoms with Crippen LogP contribution in [0.2, 0.25) is 0 Å². The van der Waals surface area contributed by atoms with Crippen LogP contribution in [-0.4, -0.2) is 46.6 Å². The predicted molar refractivity (Wildman–Crippen MR) is 131 cm³/mol. The summed E-state index contributed by atoms with van der Waals surface area (Å²) in [5.74, 6) is 0.996. The predicted octanol–water partition coefficient (Wildman–Crippen LogP) is 4.95. The molecular weight excluding hydrogens is 460 g/mol. The Morgan fingerprint density at radius 1 is 1.15 bits per heavy atom. The molecule has 0 unspecified atom stereocenters. The van der Waals surface area contributed by atoms with Crippen molar-refractivity contribution in [2.75, 3.05) is 25.3 Å². The monoisotopic (exact) mass is 488 g/mol. The first-order chi connectivity index (χ1) is 15.9. The molecule has 33 heavy (non-hydrogen) atoms. The minimum atomic E-state index is -0.455. The average molecular weight is 489 g/mol. The largest absolute Gasteiger partial charge is 0.497 e. The molecule has 1 aromatic carbocycles. The number of carbonyl (C=O) groups is 2. The Morgan fingerprint density at radius 2 is 1.88 bits per heavy atom. The van der Waals surface area contributed by atoms with Gasteiger partial charge in [-0.3, -0.25) is 4.79 Å². The standard InChI is InChI=1S/C23H28N4O4S2/c1-6-7-12-27-20(16-8-10-17(30-4)11-9-16)25-26-23(27)32-13-18(28)24-21-19(22(29)31-5)14(2)15(3)33-21/h8-11H,6-7,12-13H2,1-5H3,(H,24,28). The first-order valence-corrected chi connectivity index (χ1v) is 12.4. The zero-order valence-electron chi connectivity index (χ0n) is 19.4. The summed E-state index contributed by atoms with van der Waals surface area (Å²) in [6, 6.07) is 7.67. The maximum absolute atomic E-state index is 12.7. The molecule has 0 spiro atoms. The molecule has 0 bridgehead atoms. The molecule has 10 heteroatoms. The number of thiophene rings is 1. The van der Waals surface area contributed by atoms with Crippen LogP contribution in [0.5, 0.6) is 5.75 Å². The van der Waals surface area contributed by atoms with Gasteiger partial charge in [-0.25, -0.2) is 4.79 Å². The van der Waals surface area contributed by atoms with Gasteiger partial charge in [0.15, 0.2) is 11.0 Å². The van der Waals surface area contributed by atoms with Gasteiger partial charge in [-0.15, -0.1) is 21.5 Å². The summed E-state index contributed by atoms with van der Waals surface area (Å²) < 4.78 is 12.2. The first-order valence-electron chi connectivity index (χ1n) is 10.6. The lowest BCUT2D eigenvalue weighted by atomic mass is 10.1. The molecule has 0 aliphatic carbocycles. The highest BCUT2D eigenvalue weighted by Crippen LogP contribution is 2.33. The van der Waals surface area contributed by atoms with E-state index in [2.05, 4.69) is 22.4 Å². The second-order valence-corrected chi connectivity index (χ2v) is 9.52. The third kappa shape index (κ3) is 5.75. The lowest BCUT2D eigenvalue weighted by Gasteiger charge is -2.10. The Hall–Kier alpha value is -2.85. The van der Waals surface area contributed by atoms with E-state index < -0.39 is 5.97 Å². The second-order valence-electron chi connectivity index (χ2n) is 7.36. The van der Waals surface area contributed by atoms with Gasteiger partial charge in [0.1, 0.15) is 10.8 Å². The normalized spacial score (nSPS) is 10.8. The average Bonchev–Trinajstić information content (AvgIpc) is 3.35. The number of thioether (sulfide) groups is 1. The lowest BCUT2D eigenvalue weighted by molar-refractivity contribution is -0.113. The number of hydrogen-bond donors (Lipinski definition) is 1. The molecule has 0 aliphatic heterocycles. The van der Waals surface area contributed by atoms with E-state index in [-0.39, 0.29) is 11.7 Å². The smallest absolute Gasteiger partial charge is 0.341 e. The lowest BCUT2D eigenvalue weighted by Crippen LogP contribution is -2.16. The molecule has 176 valence electrons. The van der Waals surface area contributed by atoms with E-state index in [0.717, 1.165) is 47.0 Å². The topological polar surface area (TPSA) is 95.3 Å². The van der Waals surface area contributed by atoms with Gasteiger partial charge in [0.25, 0.3) is 0 Å². The van der Waals surface area contributed by atoms with Crippen LogP contribution < -0.4 is 10.1 Å². The summed E-state index contributed by atoms with van der Waals surface area (Å²) in [4.78, 5) is 25.8. The highest BCUT2D eigenvalue weighted by molar-refractivity contribution is 7.99. The van der Waals surface area contributed by atoms with Crippen LogP contribution in [-0.2, 0) is 16.1 Å². The number of anilines is 1. The van der Waals surface area contributed by atoms with Crippen LogP contribution in [0.15, 0.2) is 29.4 Å². The number of nitrogens with zero attached hydrogens (tertiary/aromatic N) is 3. The third-order valence-electron chi connectivity index (χ3n) is 5.16. The Bertz CT molecular complexity index is 1120. The van der Waals surface area contributed by atoms with Crippen LogP contribution in [0.4, 0.5) is 5.00 Å². The van der Waals surface area contributed by atoms with Crippen molar-refractivity contribution >= 4 is 40.0 Å². The van der Waals surface area contributed by atoms with Gasteiger partial charge in [-0.1, -0.05) is 25.1 Å². The number of rotatable bonds is 10. The van der Waals surface area contributed by atoms with Gasteiger partial charge >= 0.3 is 5.97 Å². The van der Waals surface area contributed by atoms with E-state index in [4.69, 9.17) is 9.47 Å². The summed E-state index contributed by atoms with van der Waals surface area (Å²) in [6.07, 6.45) is 2.00. The molecule has 0 fully saturated rings. The highest BCUT2D eigenvalue weighted by Gasteiger charge is 2.22. The molecular formula is C23H28N4O4S2. The van der Waals surface area contributed by atoms with Gasteiger partial charge in [0, 0.05) is 17.0 Å². The number of nitrogens with one attached hydrogen (secondary N) is 1. The Morgan fingerprint density at radius 3 is 2.52 bits per heavy atom. The van der Waals surface area contributed by atoms with Gasteiger partial charge in [-0.05, 0) is 50.1 Å². The van der Waals surface area contributed by atoms with E-state index >= 15 is 0 Å². The van der Waals surface area contributed by atoms with Crippen LogP contribution >= 0.6 is 23.1 Å². The molecule has 3 aromatic rings. The maximum Gasteiger partial charge on any atom is 0.341 e. The number of methoxy groups -OCH3 is 2. The van der Waals surface area contributed by atoms with E-state index in [1.165, 1.54) is 30.2 Å². The number of amides is 1. The molecule has 0 atom stereocenters. The number of ether oxygens (including phenoxy) is 2. The van der Waals surface area contributed by atoms with Crippen molar-refractivity contribution in [3.05, 3.63) is 40.3 Å². The number of hydrogen-bond acceptors (Lipinski definition) is 8. The Labute approximate surface area is 201 Å². The maximum atomic E-state index is 12.7. The van der Waals surface area contributed by atoms with Crippen LogP contribution in [0.1, 0.15) is 40.6 Å². The van der Waals surface area contributed by atoms with Crippen molar-refractivity contribution in [1.29, 1.82) is 0 Å². The highest BCUT2D eigenvalue weighted by atomic mass is 32.2. The van der Waals surface area contributed by atoms with Gasteiger partial charge in [-0.2, -0.15) is 0 Å². The van der Waals surface area contributed by atoms with Crippen molar-refractivity contribution in [3.8, 4) is 17.1 Å². The molecule has 8 nitrogen and oxygen atoms in total. The second kappa shape index (κ2) is 11.3. The van der Waals surface area contributed by atoms with Crippen molar-refractivity contribution in [2.24, 2.45) is 0 Å². The molecule has 0 radical (unpaired) electrons. The summed E-state index contributed by atoms with van der Waals surface area (Å²) in [7, 11) is 2.96. The summed E-state index contributed by atoms with van der Waals surface area (Å²) in [5, 5.41) is 12.8. The molecule has 3 rings (SSSR count). The molecule has 2 aromatic heterocycles. The van der Waals surface area contributed by atoms with E-state index in [0.29, 0.717) is 15.7 Å². The fourth-order valence-electron chi connectivity index (χ4n) is 3.22. The van der Waals surface area contributed by atoms with E-state index in [9.17, 15) is 9.59 Å². The van der Waals surface area contributed by atoms with Gasteiger partial charge < -0.3 is 19.4 Å².